The minimum absolute atomic E-state index is 0.193. The van der Waals surface area contributed by atoms with E-state index in [2.05, 4.69) is 10.1 Å². The highest BCUT2D eigenvalue weighted by Gasteiger charge is 2.01. The molecule has 0 saturated carbocycles. The molecule has 2 amide bonds. The van der Waals surface area contributed by atoms with Crippen LogP contribution in [0.4, 0.5) is 10.5 Å². The first-order valence-corrected chi connectivity index (χ1v) is 4.34. The molecule has 0 radical (unpaired) electrons. The highest BCUT2D eigenvalue weighted by molar-refractivity contribution is 5.84. The fraction of sp³-hybridized carbons (Fsp3) is 0.200. The standard InChI is InChI=1S/C10H12N2O3/c1-15-10(14)12-8-4-2-7(3-5-8)6-9(11)13/h2-5H,6H2,1H3,(H2,11,13)(H,12,14). The lowest BCUT2D eigenvalue weighted by Crippen LogP contribution is -2.14. The van der Waals surface area contributed by atoms with Gasteiger partial charge in [0.15, 0.2) is 0 Å². The zero-order valence-electron chi connectivity index (χ0n) is 8.32. The zero-order valence-corrected chi connectivity index (χ0v) is 8.32. The molecule has 0 spiro atoms. The van der Waals surface area contributed by atoms with Gasteiger partial charge in [-0.2, -0.15) is 0 Å². The van der Waals surface area contributed by atoms with Crippen molar-refractivity contribution in [3.8, 4) is 0 Å². The topological polar surface area (TPSA) is 81.4 Å². The molecule has 15 heavy (non-hydrogen) atoms. The van der Waals surface area contributed by atoms with Crippen LogP contribution in [-0.4, -0.2) is 19.1 Å². The van der Waals surface area contributed by atoms with Gasteiger partial charge >= 0.3 is 6.09 Å². The monoisotopic (exact) mass is 208 g/mol. The summed E-state index contributed by atoms with van der Waals surface area (Å²) in [6.45, 7) is 0. The second kappa shape index (κ2) is 4.99. The molecule has 0 saturated heterocycles. The predicted molar refractivity (Wildman–Crippen MR) is 55.4 cm³/mol. The van der Waals surface area contributed by atoms with Crippen LogP contribution in [0, 0.1) is 0 Å². The van der Waals surface area contributed by atoms with E-state index in [1.54, 1.807) is 24.3 Å². The summed E-state index contributed by atoms with van der Waals surface area (Å²) in [5.74, 6) is -0.385. The second-order valence-electron chi connectivity index (χ2n) is 2.96. The molecule has 5 heteroatoms. The highest BCUT2D eigenvalue weighted by Crippen LogP contribution is 2.09. The van der Waals surface area contributed by atoms with Crippen LogP contribution in [0.25, 0.3) is 0 Å². The number of hydrogen-bond donors (Lipinski definition) is 2. The number of hydrogen-bond acceptors (Lipinski definition) is 3. The zero-order chi connectivity index (χ0) is 11.3. The van der Waals surface area contributed by atoms with Crippen LogP contribution in [0.1, 0.15) is 5.56 Å². The van der Waals surface area contributed by atoms with Gasteiger partial charge in [0, 0.05) is 5.69 Å². The van der Waals surface area contributed by atoms with E-state index in [9.17, 15) is 9.59 Å². The average molecular weight is 208 g/mol. The summed E-state index contributed by atoms with van der Waals surface area (Å²) in [6, 6.07) is 6.79. The molecule has 80 valence electrons. The van der Waals surface area contributed by atoms with Crippen molar-refractivity contribution >= 4 is 17.7 Å². The first-order chi connectivity index (χ1) is 7.11. The Kier molecular flexibility index (Phi) is 3.68. The van der Waals surface area contributed by atoms with Gasteiger partial charge in [-0.05, 0) is 17.7 Å². The predicted octanol–water partition coefficient (Wildman–Crippen LogP) is 0.893. The molecule has 0 aliphatic rings. The van der Waals surface area contributed by atoms with Crippen molar-refractivity contribution in [1.29, 1.82) is 0 Å². The lowest BCUT2D eigenvalue weighted by molar-refractivity contribution is -0.117. The van der Waals surface area contributed by atoms with Crippen molar-refractivity contribution in [1.82, 2.24) is 0 Å². The van der Waals surface area contributed by atoms with Gasteiger partial charge in [0.1, 0.15) is 0 Å². The molecule has 0 aliphatic heterocycles. The largest absolute Gasteiger partial charge is 0.453 e. The minimum atomic E-state index is -0.530. The molecular formula is C10H12N2O3. The average Bonchev–Trinajstić information content (AvgIpc) is 2.20. The first-order valence-electron chi connectivity index (χ1n) is 4.34. The summed E-state index contributed by atoms with van der Waals surface area (Å²) in [5.41, 5.74) is 6.45. The van der Waals surface area contributed by atoms with Crippen LogP contribution in [0.3, 0.4) is 0 Å². The van der Waals surface area contributed by atoms with Crippen molar-refractivity contribution in [2.75, 3.05) is 12.4 Å². The summed E-state index contributed by atoms with van der Waals surface area (Å²) < 4.78 is 4.42. The fourth-order valence-electron chi connectivity index (χ4n) is 1.08. The quantitative estimate of drug-likeness (QED) is 0.774. The molecule has 0 bridgehead atoms. The van der Waals surface area contributed by atoms with Crippen molar-refractivity contribution in [3.63, 3.8) is 0 Å². The van der Waals surface area contributed by atoms with Crippen LogP contribution in [0.2, 0.25) is 0 Å². The number of carbonyl (C=O) groups excluding carboxylic acids is 2. The van der Waals surface area contributed by atoms with Crippen LogP contribution < -0.4 is 11.1 Å². The summed E-state index contributed by atoms with van der Waals surface area (Å²) in [6.07, 6.45) is -0.337. The van der Waals surface area contributed by atoms with E-state index in [1.807, 2.05) is 0 Å². The van der Waals surface area contributed by atoms with E-state index >= 15 is 0 Å². The van der Waals surface area contributed by atoms with Gasteiger partial charge in [-0.15, -0.1) is 0 Å². The first kappa shape index (κ1) is 11.0. The lowest BCUT2D eigenvalue weighted by atomic mass is 10.1. The van der Waals surface area contributed by atoms with Crippen LogP contribution in [0.5, 0.6) is 0 Å². The number of amides is 2. The van der Waals surface area contributed by atoms with E-state index in [4.69, 9.17) is 5.73 Å². The number of nitrogens with two attached hydrogens (primary N) is 1. The molecular weight excluding hydrogens is 196 g/mol. The molecule has 0 atom stereocenters. The Labute approximate surface area is 87.2 Å². The number of ether oxygens (including phenoxy) is 1. The van der Waals surface area contributed by atoms with Crippen molar-refractivity contribution < 1.29 is 14.3 Å². The van der Waals surface area contributed by atoms with Crippen molar-refractivity contribution in [2.45, 2.75) is 6.42 Å². The molecule has 1 rings (SSSR count). The maximum absolute atomic E-state index is 10.8. The number of rotatable bonds is 3. The normalized spacial score (nSPS) is 9.40. The van der Waals surface area contributed by atoms with Gasteiger partial charge in [0.25, 0.3) is 0 Å². The van der Waals surface area contributed by atoms with Crippen LogP contribution in [0.15, 0.2) is 24.3 Å². The third-order valence-electron chi connectivity index (χ3n) is 1.76. The smallest absolute Gasteiger partial charge is 0.411 e. The fourth-order valence-corrected chi connectivity index (χ4v) is 1.08. The molecule has 0 aliphatic carbocycles. The summed E-state index contributed by atoms with van der Waals surface area (Å²) in [5, 5.41) is 2.49. The number of anilines is 1. The van der Waals surface area contributed by atoms with Gasteiger partial charge < -0.3 is 10.5 Å². The molecule has 1 aromatic rings. The van der Waals surface area contributed by atoms with E-state index in [1.165, 1.54) is 7.11 Å². The van der Waals surface area contributed by atoms with Crippen molar-refractivity contribution in [2.24, 2.45) is 5.73 Å². The summed E-state index contributed by atoms with van der Waals surface area (Å²) >= 11 is 0. The SMILES string of the molecule is COC(=O)Nc1ccc(CC(N)=O)cc1. The Bertz CT molecular complexity index is 359. The minimum Gasteiger partial charge on any atom is -0.453 e. The molecule has 0 unspecified atom stereocenters. The Morgan fingerprint density at radius 2 is 1.93 bits per heavy atom. The van der Waals surface area contributed by atoms with Gasteiger partial charge in [-0.25, -0.2) is 4.79 Å². The Morgan fingerprint density at radius 1 is 1.33 bits per heavy atom. The van der Waals surface area contributed by atoms with Gasteiger partial charge in [-0.1, -0.05) is 12.1 Å². The third-order valence-corrected chi connectivity index (χ3v) is 1.76. The number of benzene rings is 1. The van der Waals surface area contributed by atoms with Gasteiger partial charge in [0.2, 0.25) is 5.91 Å². The number of primary amides is 1. The number of carbonyl (C=O) groups is 2. The maximum atomic E-state index is 10.8. The molecule has 5 nitrogen and oxygen atoms in total. The Hall–Kier alpha value is -2.04. The Balaban J connectivity index is 2.64. The molecule has 0 aromatic heterocycles. The van der Waals surface area contributed by atoms with E-state index in [-0.39, 0.29) is 12.3 Å². The third kappa shape index (κ3) is 3.68. The molecule has 0 heterocycles. The van der Waals surface area contributed by atoms with Gasteiger partial charge in [0.05, 0.1) is 13.5 Å². The molecule has 3 N–H and O–H groups in total. The second-order valence-corrected chi connectivity index (χ2v) is 2.96. The lowest BCUT2D eigenvalue weighted by Gasteiger charge is -2.04. The summed E-state index contributed by atoms with van der Waals surface area (Å²) in [7, 11) is 1.29. The number of nitrogens with one attached hydrogen (secondary N) is 1. The molecule has 1 aromatic carbocycles. The van der Waals surface area contributed by atoms with E-state index in [0.29, 0.717) is 5.69 Å². The highest BCUT2D eigenvalue weighted by atomic mass is 16.5. The van der Waals surface area contributed by atoms with Crippen molar-refractivity contribution in [3.05, 3.63) is 29.8 Å². The number of methoxy groups -OCH3 is 1. The van der Waals surface area contributed by atoms with Gasteiger partial charge in [-0.3, -0.25) is 10.1 Å². The summed E-state index contributed by atoms with van der Waals surface area (Å²) in [4.78, 5) is 21.4. The van der Waals surface area contributed by atoms with Crippen LogP contribution >= 0.6 is 0 Å². The Morgan fingerprint density at radius 3 is 2.40 bits per heavy atom. The maximum Gasteiger partial charge on any atom is 0.411 e. The van der Waals surface area contributed by atoms with E-state index < -0.39 is 6.09 Å². The van der Waals surface area contributed by atoms with E-state index in [0.717, 1.165) is 5.56 Å². The van der Waals surface area contributed by atoms with Crippen LogP contribution in [-0.2, 0) is 16.0 Å². The molecule has 0 fully saturated rings.